The Balaban J connectivity index is 1.69. The van der Waals surface area contributed by atoms with Crippen molar-refractivity contribution in [3.8, 4) is 0 Å². The number of piperazine rings is 1. The molecule has 8 nitrogen and oxygen atoms in total. The fourth-order valence-corrected chi connectivity index (χ4v) is 6.27. The van der Waals surface area contributed by atoms with Gasteiger partial charge in [0.2, 0.25) is 0 Å². The summed E-state index contributed by atoms with van der Waals surface area (Å²) in [5.41, 5.74) is 1.97. The fourth-order valence-electron chi connectivity index (χ4n) is 5.83. The minimum atomic E-state index is -0.528. The number of amides is 1. The van der Waals surface area contributed by atoms with Gasteiger partial charge < -0.3 is 9.47 Å². The van der Waals surface area contributed by atoms with E-state index in [9.17, 15) is 4.79 Å². The Bertz CT molecular complexity index is 1130. The first-order chi connectivity index (χ1) is 17.3. The molecule has 2 aliphatic rings. The molecule has 0 spiro atoms. The summed E-state index contributed by atoms with van der Waals surface area (Å²) < 4.78 is 14.7. The second-order valence-corrected chi connectivity index (χ2v) is 13.1. The lowest BCUT2D eigenvalue weighted by molar-refractivity contribution is -0.0831. The van der Waals surface area contributed by atoms with Gasteiger partial charge in [-0.25, -0.2) is 14.5 Å². The number of ether oxygens (including phenoxy) is 2. The van der Waals surface area contributed by atoms with Gasteiger partial charge in [0.15, 0.2) is 11.9 Å². The second kappa shape index (κ2) is 10.5. The Hall–Kier alpha value is -1.71. The van der Waals surface area contributed by atoms with Crippen molar-refractivity contribution in [3.63, 3.8) is 0 Å². The Kier molecular flexibility index (Phi) is 8.00. The zero-order valence-corrected chi connectivity index (χ0v) is 25.4. The highest BCUT2D eigenvalue weighted by atomic mass is 79.9. The molecule has 2 aromatic rings. The number of nitrogens with zero attached hydrogens (tertiary/aromatic N) is 5. The fraction of sp³-hybridized carbons (Fsp3) is 0.750. The van der Waals surface area contributed by atoms with E-state index in [1.54, 1.807) is 0 Å². The molecular weight excluding hydrogens is 534 g/mol. The van der Waals surface area contributed by atoms with Crippen LogP contribution in [0.1, 0.15) is 98.1 Å². The number of hydrogen-bond acceptors (Lipinski definition) is 6. The number of fused-ring (bicyclic) bond motifs is 1. The first-order valence-electron chi connectivity index (χ1n) is 13.7. The van der Waals surface area contributed by atoms with E-state index in [0.717, 1.165) is 73.1 Å². The average Bonchev–Trinajstić information content (AvgIpc) is 3.15. The molecule has 1 atom stereocenters. The molecule has 2 saturated heterocycles. The zero-order chi connectivity index (χ0) is 27.2. The van der Waals surface area contributed by atoms with Crippen LogP contribution in [0.2, 0.25) is 0 Å². The van der Waals surface area contributed by atoms with Crippen LogP contribution in [0.15, 0.2) is 10.7 Å². The summed E-state index contributed by atoms with van der Waals surface area (Å²) in [5, 5.41) is 5.99. The zero-order valence-electron chi connectivity index (χ0n) is 23.9. The van der Waals surface area contributed by atoms with Crippen molar-refractivity contribution >= 4 is 33.1 Å². The van der Waals surface area contributed by atoms with E-state index in [-0.39, 0.29) is 23.4 Å². The third-order valence-corrected chi connectivity index (χ3v) is 8.47. The van der Waals surface area contributed by atoms with E-state index in [1.165, 1.54) is 5.56 Å². The van der Waals surface area contributed by atoms with E-state index in [0.29, 0.717) is 6.54 Å². The normalized spacial score (nSPS) is 22.4. The van der Waals surface area contributed by atoms with Crippen LogP contribution in [-0.2, 0) is 16.0 Å². The number of pyridine rings is 1. The van der Waals surface area contributed by atoms with Gasteiger partial charge in [-0.05, 0) is 101 Å². The summed E-state index contributed by atoms with van der Waals surface area (Å²) in [6.07, 6.45) is 4.62. The summed E-state index contributed by atoms with van der Waals surface area (Å²) in [4.78, 5) is 22.7. The van der Waals surface area contributed by atoms with Gasteiger partial charge in [0, 0.05) is 37.2 Å². The third kappa shape index (κ3) is 5.69. The highest BCUT2D eigenvalue weighted by molar-refractivity contribution is 9.10. The van der Waals surface area contributed by atoms with Crippen LogP contribution in [0, 0.1) is 6.92 Å². The molecule has 37 heavy (non-hydrogen) atoms. The maximum atomic E-state index is 13.4. The Labute approximate surface area is 230 Å². The molecule has 2 aromatic heterocycles. The van der Waals surface area contributed by atoms with Gasteiger partial charge in [-0.3, -0.25) is 9.80 Å². The molecule has 206 valence electrons. The number of carbonyl (C=O) groups excluding carboxylic acids is 1. The molecule has 1 amide bonds. The molecule has 4 heterocycles. The van der Waals surface area contributed by atoms with E-state index in [4.69, 9.17) is 19.6 Å². The van der Waals surface area contributed by atoms with Gasteiger partial charge in [0.25, 0.3) is 0 Å². The van der Waals surface area contributed by atoms with Gasteiger partial charge in [0.1, 0.15) is 10.2 Å². The van der Waals surface area contributed by atoms with Crippen LogP contribution in [0.4, 0.5) is 4.79 Å². The van der Waals surface area contributed by atoms with Crippen LogP contribution in [0.5, 0.6) is 0 Å². The maximum Gasteiger partial charge on any atom is 0.410 e. The standard InChI is InChI=1S/C28H44BrN5O3/c1-9-28(10-2)18-32(27(7,8)17-33(28)25(35)37-26(4,5)6)16-20-15-21(29)30-24-23(20)19(3)31-34(24)22-13-11-12-14-36-22/h15,22H,9-14,16-18H2,1-8H3. The summed E-state index contributed by atoms with van der Waals surface area (Å²) in [6, 6.07) is 2.12. The number of rotatable bonds is 5. The number of aromatic nitrogens is 3. The molecule has 4 rings (SSSR count). The van der Waals surface area contributed by atoms with Crippen molar-refractivity contribution in [1.29, 1.82) is 0 Å². The molecule has 0 aromatic carbocycles. The predicted octanol–water partition coefficient (Wildman–Crippen LogP) is 6.59. The summed E-state index contributed by atoms with van der Waals surface area (Å²) in [7, 11) is 0. The van der Waals surface area contributed by atoms with Crippen molar-refractivity contribution in [1.82, 2.24) is 24.6 Å². The predicted molar refractivity (Wildman–Crippen MR) is 150 cm³/mol. The molecule has 2 fully saturated rings. The Morgan fingerprint density at radius 3 is 2.51 bits per heavy atom. The lowest BCUT2D eigenvalue weighted by Crippen LogP contribution is -2.70. The summed E-state index contributed by atoms with van der Waals surface area (Å²) in [6.45, 7) is 19.5. The smallest absolute Gasteiger partial charge is 0.410 e. The number of aryl methyl sites for hydroxylation is 1. The highest BCUT2D eigenvalue weighted by Crippen LogP contribution is 2.39. The number of halogens is 1. The summed E-state index contributed by atoms with van der Waals surface area (Å²) in [5.74, 6) is 0. The first kappa shape index (κ1) is 28.3. The lowest BCUT2D eigenvalue weighted by atomic mass is 9.82. The van der Waals surface area contributed by atoms with Crippen molar-refractivity contribution in [2.75, 3.05) is 19.7 Å². The largest absolute Gasteiger partial charge is 0.444 e. The third-order valence-electron chi connectivity index (χ3n) is 8.07. The van der Waals surface area contributed by atoms with Gasteiger partial charge in [0.05, 0.1) is 11.2 Å². The molecule has 0 N–H and O–H groups in total. The monoisotopic (exact) mass is 577 g/mol. The van der Waals surface area contributed by atoms with Crippen LogP contribution in [0.3, 0.4) is 0 Å². The van der Waals surface area contributed by atoms with E-state index in [2.05, 4.69) is 61.5 Å². The van der Waals surface area contributed by atoms with Gasteiger partial charge in [-0.15, -0.1) is 0 Å². The average molecular weight is 579 g/mol. The molecule has 2 aliphatic heterocycles. The topological polar surface area (TPSA) is 72.7 Å². The second-order valence-electron chi connectivity index (χ2n) is 12.3. The van der Waals surface area contributed by atoms with Crippen molar-refractivity contribution in [3.05, 3.63) is 21.9 Å². The maximum absolute atomic E-state index is 13.4. The molecule has 0 saturated carbocycles. The van der Waals surface area contributed by atoms with Crippen molar-refractivity contribution in [2.45, 2.75) is 117 Å². The van der Waals surface area contributed by atoms with E-state index >= 15 is 0 Å². The molecule has 1 unspecified atom stereocenters. The van der Waals surface area contributed by atoms with Crippen molar-refractivity contribution < 1.29 is 14.3 Å². The Morgan fingerprint density at radius 1 is 1.22 bits per heavy atom. The number of carbonyl (C=O) groups is 1. The van der Waals surface area contributed by atoms with E-state index < -0.39 is 5.60 Å². The lowest BCUT2D eigenvalue weighted by Gasteiger charge is -2.57. The molecule has 9 heteroatoms. The molecule has 0 bridgehead atoms. The highest BCUT2D eigenvalue weighted by Gasteiger charge is 2.49. The molecular formula is C28H44BrN5O3. The minimum absolute atomic E-state index is 0.0683. The van der Waals surface area contributed by atoms with Gasteiger partial charge >= 0.3 is 6.09 Å². The van der Waals surface area contributed by atoms with Crippen LogP contribution >= 0.6 is 15.9 Å². The Morgan fingerprint density at radius 2 is 1.92 bits per heavy atom. The number of hydrogen-bond donors (Lipinski definition) is 0. The van der Waals surface area contributed by atoms with Crippen LogP contribution in [-0.4, -0.2) is 67.0 Å². The van der Waals surface area contributed by atoms with E-state index in [1.807, 2.05) is 30.4 Å². The first-order valence-corrected chi connectivity index (χ1v) is 14.5. The molecule has 0 radical (unpaired) electrons. The van der Waals surface area contributed by atoms with Gasteiger partial charge in [-0.2, -0.15) is 5.10 Å². The van der Waals surface area contributed by atoms with Crippen molar-refractivity contribution in [2.24, 2.45) is 0 Å². The molecule has 0 aliphatic carbocycles. The minimum Gasteiger partial charge on any atom is -0.444 e. The van der Waals surface area contributed by atoms with Crippen LogP contribution < -0.4 is 0 Å². The summed E-state index contributed by atoms with van der Waals surface area (Å²) >= 11 is 3.67. The van der Waals surface area contributed by atoms with Crippen LogP contribution in [0.25, 0.3) is 11.0 Å². The SMILES string of the molecule is CCC1(CC)CN(Cc2cc(Br)nc3c2c(C)nn3C2CCCCO2)C(C)(C)CN1C(=O)OC(C)(C)C. The quantitative estimate of drug-likeness (QED) is 0.373. The van der Waals surface area contributed by atoms with Gasteiger partial charge in [-0.1, -0.05) is 13.8 Å².